The van der Waals surface area contributed by atoms with Gasteiger partial charge >= 0.3 is 0 Å². The molecule has 1 aromatic heterocycles. The fourth-order valence-electron chi connectivity index (χ4n) is 0.482. The summed E-state index contributed by atoms with van der Waals surface area (Å²) in [6.45, 7) is 0. The highest BCUT2D eigenvalue weighted by Gasteiger charge is 1.93. The van der Waals surface area contributed by atoms with Gasteiger partial charge in [0.25, 0.3) is 0 Å². The molecule has 0 saturated heterocycles. The molecule has 0 amide bonds. The lowest BCUT2D eigenvalue weighted by atomic mass is 10.8. The molecule has 0 aliphatic rings. The summed E-state index contributed by atoms with van der Waals surface area (Å²) >= 11 is 1.37. The molecule has 0 radical (unpaired) electrons. The fraction of sp³-hybridized carbons (Fsp3) is 0.200. The van der Waals surface area contributed by atoms with E-state index in [4.69, 9.17) is 5.41 Å². The van der Waals surface area contributed by atoms with Crippen LogP contribution in [0.3, 0.4) is 0 Å². The zero-order valence-electron chi connectivity index (χ0n) is 5.03. The molecule has 4 heteroatoms. The molecule has 3 nitrogen and oxygen atoms in total. The van der Waals surface area contributed by atoms with Crippen molar-refractivity contribution >= 4 is 16.9 Å². The van der Waals surface area contributed by atoms with Crippen molar-refractivity contribution in [1.29, 1.82) is 5.41 Å². The van der Waals surface area contributed by atoms with Crippen LogP contribution in [0.2, 0.25) is 0 Å². The van der Waals surface area contributed by atoms with Crippen molar-refractivity contribution in [2.75, 3.05) is 6.26 Å². The zero-order chi connectivity index (χ0) is 6.69. The maximum absolute atomic E-state index is 7.26. The minimum absolute atomic E-state index is 0.444. The first-order valence-corrected chi connectivity index (χ1v) is 3.69. The molecule has 0 bridgehead atoms. The van der Waals surface area contributed by atoms with Gasteiger partial charge in [-0.1, -0.05) is 11.8 Å². The van der Waals surface area contributed by atoms with E-state index in [0.29, 0.717) is 5.17 Å². The standard InChI is InChI=1S/C5H7N3S/c1-9-5(6)8-4-2-3-7-8/h2-4,6H,1H3. The highest BCUT2D eigenvalue weighted by Crippen LogP contribution is 1.96. The highest BCUT2D eigenvalue weighted by molar-refractivity contribution is 8.13. The third-order valence-corrected chi connectivity index (χ3v) is 1.48. The SMILES string of the molecule is CSC(=N)n1cccn1. The Morgan fingerprint density at radius 3 is 3.00 bits per heavy atom. The van der Waals surface area contributed by atoms with E-state index in [9.17, 15) is 0 Å². The van der Waals surface area contributed by atoms with E-state index in [-0.39, 0.29) is 0 Å². The molecule has 1 aromatic rings. The van der Waals surface area contributed by atoms with Crippen LogP contribution in [-0.4, -0.2) is 21.2 Å². The molecule has 1 N–H and O–H groups in total. The molecule has 1 heterocycles. The average Bonchev–Trinajstić information content (AvgIpc) is 2.37. The van der Waals surface area contributed by atoms with Crippen LogP contribution in [0.4, 0.5) is 0 Å². The van der Waals surface area contributed by atoms with E-state index < -0.39 is 0 Å². The van der Waals surface area contributed by atoms with Crippen molar-refractivity contribution in [3.05, 3.63) is 18.5 Å². The first kappa shape index (κ1) is 6.35. The highest BCUT2D eigenvalue weighted by atomic mass is 32.2. The Balaban J connectivity index is 2.77. The van der Waals surface area contributed by atoms with E-state index in [0.717, 1.165) is 0 Å². The van der Waals surface area contributed by atoms with E-state index >= 15 is 0 Å². The Bertz CT molecular complexity index is 192. The van der Waals surface area contributed by atoms with Crippen LogP contribution in [-0.2, 0) is 0 Å². The van der Waals surface area contributed by atoms with E-state index in [1.165, 1.54) is 16.4 Å². The van der Waals surface area contributed by atoms with Crippen LogP contribution < -0.4 is 0 Å². The lowest BCUT2D eigenvalue weighted by Gasteiger charge is -1.95. The number of nitrogens with zero attached hydrogens (tertiary/aromatic N) is 2. The zero-order valence-corrected chi connectivity index (χ0v) is 5.85. The second-order valence-corrected chi connectivity index (χ2v) is 2.25. The average molecular weight is 141 g/mol. The summed E-state index contributed by atoms with van der Waals surface area (Å²) < 4.78 is 1.52. The molecule has 48 valence electrons. The molecule has 0 saturated carbocycles. The lowest BCUT2D eigenvalue weighted by molar-refractivity contribution is 0.943. The lowest BCUT2D eigenvalue weighted by Crippen LogP contribution is -2.04. The number of hydrogen-bond acceptors (Lipinski definition) is 3. The van der Waals surface area contributed by atoms with Gasteiger partial charge in [-0.2, -0.15) is 5.10 Å². The normalized spacial score (nSPS) is 9.44. The van der Waals surface area contributed by atoms with Crippen LogP contribution in [0.5, 0.6) is 0 Å². The number of aromatic nitrogens is 2. The van der Waals surface area contributed by atoms with Gasteiger partial charge in [-0.15, -0.1) is 0 Å². The van der Waals surface area contributed by atoms with Crippen molar-refractivity contribution < 1.29 is 0 Å². The van der Waals surface area contributed by atoms with Crippen LogP contribution >= 0.6 is 11.8 Å². The maximum atomic E-state index is 7.26. The monoisotopic (exact) mass is 141 g/mol. The van der Waals surface area contributed by atoms with Gasteiger partial charge in [-0.25, -0.2) is 4.68 Å². The van der Waals surface area contributed by atoms with Gasteiger partial charge in [0.15, 0.2) is 5.17 Å². The van der Waals surface area contributed by atoms with Crippen LogP contribution in [0.1, 0.15) is 0 Å². The summed E-state index contributed by atoms with van der Waals surface area (Å²) in [6.07, 6.45) is 5.26. The third kappa shape index (κ3) is 1.32. The first-order chi connectivity index (χ1) is 4.34. The van der Waals surface area contributed by atoms with Gasteiger partial charge < -0.3 is 0 Å². The van der Waals surface area contributed by atoms with E-state index in [1.54, 1.807) is 18.5 Å². The minimum atomic E-state index is 0.444. The molecule has 0 aliphatic heterocycles. The number of thioether (sulfide) groups is 1. The van der Waals surface area contributed by atoms with Crippen molar-refractivity contribution in [3.8, 4) is 0 Å². The summed E-state index contributed by atoms with van der Waals surface area (Å²) in [5, 5.41) is 11.6. The molecule has 0 unspecified atom stereocenters. The molecular formula is C5H7N3S. The topological polar surface area (TPSA) is 41.7 Å². The Morgan fingerprint density at radius 2 is 2.56 bits per heavy atom. The second-order valence-electron chi connectivity index (χ2n) is 1.46. The Labute approximate surface area is 57.6 Å². The summed E-state index contributed by atoms with van der Waals surface area (Å²) in [6, 6.07) is 1.80. The predicted octanol–water partition coefficient (Wildman–Crippen LogP) is 1.03. The molecule has 0 atom stereocenters. The summed E-state index contributed by atoms with van der Waals surface area (Å²) in [5.41, 5.74) is 0. The molecule has 0 aromatic carbocycles. The van der Waals surface area contributed by atoms with Gasteiger partial charge in [0.05, 0.1) is 0 Å². The molecule has 1 rings (SSSR count). The van der Waals surface area contributed by atoms with Gasteiger partial charge in [0.2, 0.25) is 0 Å². The molecule has 0 fully saturated rings. The Kier molecular flexibility index (Phi) is 1.89. The smallest absolute Gasteiger partial charge is 0.180 e. The number of nitrogens with one attached hydrogen (secondary N) is 1. The van der Waals surface area contributed by atoms with Crippen molar-refractivity contribution in [2.24, 2.45) is 0 Å². The van der Waals surface area contributed by atoms with E-state index in [2.05, 4.69) is 5.10 Å². The first-order valence-electron chi connectivity index (χ1n) is 2.47. The van der Waals surface area contributed by atoms with Crippen molar-refractivity contribution in [3.63, 3.8) is 0 Å². The summed E-state index contributed by atoms with van der Waals surface area (Å²) in [4.78, 5) is 0. The largest absolute Gasteiger partial charge is 0.277 e. The maximum Gasteiger partial charge on any atom is 0.180 e. The van der Waals surface area contributed by atoms with Gasteiger partial charge in [-0.05, 0) is 12.3 Å². The second kappa shape index (κ2) is 2.68. The van der Waals surface area contributed by atoms with Gasteiger partial charge in [-0.3, -0.25) is 5.41 Å². The molecule has 0 aliphatic carbocycles. The molecule has 9 heavy (non-hydrogen) atoms. The van der Waals surface area contributed by atoms with Gasteiger partial charge in [0.1, 0.15) is 0 Å². The minimum Gasteiger partial charge on any atom is -0.277 e. The predicted molar refractivity (Wildman–Crippen MR) is 38.9 cm³/mol. The van der Waals surface area contributed by atoms with Crippen LogP contribution in [0, 0.1) is 5.41 Å². The third-order valence-electron chi connectivity index (χ3n) is 0.906. The van der Waals surface area contributed by atoms with Crippen LogP contribution in [0.15, 0.2) is 18.5 Å². The number of hydrogen-bond donors (Lipinski definition) is 1. The summed E-state index contributed by atoms with van der Waals surface area (Å²) in [5.74, 6) is 0. The number of rotatable bonds is 0. The summed E-state index contributed by atoms with van der Waals surface area (Å²) in [7, 11) is 0. The fourth-order valence-corrected chi connectivity index (χ4v) is 0.778. The molecule has 0 spiro atoms. The Hall–Kier alpha value is -0.770. The Morgan fingerprint density at radius 1 is 1.78 bits per heavy atom. The van der Waals surface area contributed by atoms with Crippen molar-refractivity contribution in [2.45, 2.75) is 0 Å². The quantitative estimate of drug-likeness (QED) is 0.433. The van der Waals surface area contributed by atoms with Crippen LogP contribution in [0.25, 0.3) is 0 Å². The van der Waals surface area contributed by atoms with Gasteiger partial charge in [0, 0.05) is 12.4 Å². The molecular weight excluding hydrogens is 134 g/mol. The van der Waals surface area contributed by atoms with Crippen molar-refractivity contribution in [1.82, 2.24) is 9.78 Å². The van der Waals surface area contributed by atoms with E-state index in [1.807, 2.05) is 6.26 Å².